The second-order valence-corrected chi connectivity index (χ2v) is 3.32. The van der Waals surface area contributed by atoms with Crippen LogP contribution in [0, 0.1) is 6.92 Å². The molecule has 2 heterocycles. The van der Waals surface area contributed by atoms with E-state index in [-0.39, 0.29) is 18.3 Å². The highest BCUT2D eigenvalue weighted by molar-refractivity contribution is 5.80. The first-order valence-electron chi connectivity index (χ1n) is 4.57. The number of hydrogen-bond acceptors (Lipinski definition) is 6. The number of nitrogens with zero attached hydrogens (tertiary/aromatic N) is 5. The Bertz CT molecular complexity index is 526. The Morgan fingerprint density at radius 3 is 2.69 bits per heavy atom. The molecule has 2 rings (SSSR count). The molecule has 0 aliphatic heterocycles. The first-order chi connectivity index (χ1) is 7.56. The van der Waals surface area contributed by atoms with Crippen LogP contribution in [0.5, 0.6) is 0 Å². The van der Waals surface area contributed by atoms with Gasteiger partial charge in [-0.2, -0.15) is 19.7 Å². The molecule has 8 heteroatoms. The summed E-state index contributed by atoms with van der Waals surface area (Å²) < 4.78 is 1.12. The van der Waals surface area contributed by atoms with Gasteiger partial charge in [0.2, 0.25) is 0 Å². The molecule has 8 nitrogen and oxygen atoms in total. The van der Waals surface area contributed by atoms with Crippen molar-refractivity contribution in [2.75, 3.05) is 11.5 Å². The molecule has 0 radical (unpaired) electrons. The normalized spacial score (nSPS) is 10.6. The molecular weight excluding hydrogens is 210 g/mol. The zero-order chi connectivity index (χ0) is 11.7. The van der Waals surface area contributed by atoms with E-state index in [0.29, 0.717) is 11.5 Å². The molecule has 0 fully saturated rings. The van der Waals surface area contributed by atoms with Crippen LogP contribution in [0.25, 0.3) is 0 Å². The van der Waals surface area contributed by atoms with E-state index in [4.69, 9.17) is 11.5 Å². The van der Waals surface area contributed by atoms with E-state index in [9.17, 15) is 4.79 Å². The molecule has 0 bridgehead atoms. The van der Waals surface area contributed by atoms with E-state index in [1.54, 1.807) is 13.0 Å². The predicted molar refractivity (Wildman–Crippen MR) is 56.4 cm³/mol. The topological polar surface area (TPSA) is 118 Å². The van der Waals surface area contributed by atoms with Crippen molar-refractivity contribution in [3.8, 4) is 0 Å². The number of carbonyl (C=O) groups is 1. The average Bonchev–Trinajstić information content (AvgIpc) is 2.73. The van der Waals surface area contributed by atoms with Gasteiger partial charge in [0, 0.05) is 6.07 Å². The lowest BCUT2D eigenvalue weighted by atomic mass is 10.5. The van der Waals surface area contributed by atoms with Gasteiger partial charge >= 0.3 is 0 Å². The maximum atomic E-state index is 11.7. The third-order valence-electron chi connectivity index (χ3n) is 1.93. The largest absolute Gasteiger partial charge is 0.383 e. The van der Waals surface area contributed by atoms with Crippen molar-refractivity contribution >= 4 is 17.5 Å². The minimum atomic E-state index is -0.318. The summed E-state index contributed by atoms with van der Waals surface area (Å²) in [6, 6.07) is 1.61. The van der Waals surface area contributed by atoms with Crippen molar-refractivity contribution in [2.24, 2.45) is 0 Å². The van der Waals surface area contributed by atoms with E-state index < -0.39 is 0 Å². The van der Waals surface area contributed by atoms with Crippen LogP contribution >= 0.6 is 0 Å². The van der Waals surface area contributed by atoms with Gasteiger partial charge in [-0.15, -0.1) is 5.10 Å². The third-order valence-corrected chi connectivity index (χ3v) is 1.93. The maximum absolute atomic E-state index is 11.7. The molecule has 2 aromatic heterocycles. The predicted octanol–water partition coefficient (Wildman–Crippen LogP) is -0.712. The first-order valence-corrected chi connectivity index (χ1v) is 4.57. The number of aryl methyl sites for hydroxylation is 1. The molecule has 0 spiro atoms. The Kier molecular flexibility index (Phi) is 2.31. The molecule has 0 amide bonds. The molecule has 0 aliphatic rings. The highest BCUT2D eigenvalue weighted by atomic mass is 16.2. The van der Waals surface area contributed by atoms with Crippen LogP contribution in [-0.4, -0.2) is 30.7 Å². The van der Waals surface area contributed by atoms with Crippen LogP contribution in [0.15, 0.2) is 12.3 Å². The van der Waals surface area contributed by atoms with Crippen LogP contribution in [0.1, 0.15) is 10.5 Å². The quantitative estimate of drug-likeness (QED) is 0.691. The summed E-state index contributed by atoms with van der Waals surface area (Å²) in [7, 11) is 0. The Hall–Kier alpha value is -2.38. The van der Waals surface area contributed by atoms with Crippen molar-refractivity contribution in [2.45, 2.75) is 13.5 Å². The molecule has 0 aliphatic carbocycles. The van der Waals surface area contributed by atoms with Gasteiger partial charge in [-0.1, -0.05) is 0 Å². The fraction of sp³-hybridized carbons (Fsp3) is 0.250. The third kappa shape index (κ3) is 1.85. The standard InChI is InChI=1S/C8H11N7O/c1-5-2-7(10)15(12-5)8(16)4-14-11-3-6(9)13-14/h2-3H,4,10H2,1H3,(H2,9,13). The summed E-state index contributed by atoms with van der Waals surface area (Å²) in [5.41, 5.74) is 11.7. The van der Waals surface area contributed by atoms with Gasteiger partial charge in [0.1, 0.15) is 12.4 Å². The second-order valence-electron chi connectivity index (χ2n) is 3.32. The van der Waals surface area contributed by atoms with Gasteiger partial charge in [0.15, 0.2) is 5.82 Å². The number of nitrogen functional groups attached to an aromatic ring is 2. The molecule has 16 heavy (non-hydrogen) atoms. The highest BCUT2D eigenvalue weighted by Crippen LogP contribution is 2.05. The number of anilines is 2. The van der Waals surface area contributed by atoms with Crippen LogP contribution < -0.4 is 11.5 Å². The minimum Gasteiger partial charge on any atom is -0.383 e. The van der Waals surface area contributed by atoms with E-state index in [2.05, 4.69) is 15.3 Å². The van der Waals surface area contributed by atoms with Crippen LogP contribution in [0.3, 0.4) is 0 Å². The van der Waals surface area contributed by atoms with E-state index in [1.807, 2.05) is 0 Å². The van der Waals surface area contributed by atoms with Crippen molar-refractivity contribution < 1.29 is 4.79 Å². The SMILES string of the molecule is Cc1cc(N)n(C(=O)Cn2ncc(N)n2)n1. The summed E-state index contributed by atoms with van der Waals surface area (Å²) in [5, 5.41) is 11.5. The summed E-state index contributed by atoms with van der Waals surface area (Å²) in [6.07, 6.45) is 1.37. The van der Waals surface area contributed by atoms with Crippen molar-refractivity contribution in [3.63, 3.8) is 0 Å². The van der Waals surface area contributed by atoms with E-state index in [1.165, 1.54) is 11.0 Å². The number of rotatable bonds is 2. The van der Waals surface area contributed by atoms with Crippen molar-refractivity contribution in [1.82, 2.24) is 24.8 Å². The minimum absolute atomic E-state index is 0.0531. The zero-order valence-corrected chi connectivity index (χ0v) is 8.66. The molecule has 0 unspecified atom stereocenters. The fourth-order valence-electron chi connectivity index (χ4n) is 1.29. The van der Waals surface area contributed by atoms with Gasteiger partial charge in [-0.05, 0) is 6.92 Å². The van der Waals surface area contributed by atoms with Gasteiger partial charge in [-0.25, -0.2) is 0 Å². The number of aromatic nitrogens is 5. The van der Waals surface area contributed by atoms with Gasteiger partial charge in [-0.3, -0.25) is 4.79 Å². The Morgan fingerprint density at radius 2 is 2.19 bits per heavy atom. The lowest BCUT2D eigenvalue weighted by molar-refractivity contribution is 0.0867. The monoisotopic (exact) mass is 221 g/mol. The molecule has 0 atom stereocenters. The molecule has 2 aromatic rings. The van der Waals surface area contributed by atoms with Crippen molar-refractivity contribution in [3.05, 3.63) is 18.0 Å². The van der Waals surface area contributed by atoms with Gasteiger partial charge in [0.05, 0.1) is 11.9 Å². The summed E-state index contributed by atoms with van der Waals surface area (Å²) >= 11 is 0. The fourth-order valence-corrected chi connectivity index (χ4v) is 1.29. The summed E-state index contributed by atoms with van der Waals surface area (Å²) in [5.74, 6) is 0.237. The van der Waals surface area contributed by atoms with Gasteiger partial charge < -0.3 is 11.5 Å². The molecule has 4 N–H and O–H groups in total. The Labute approximate surface area is 90.8 Å². The second kappa shape index (κ2) is 3.65. The lowest BCUT2D eigenvalue weighted by Crippen LogP contribution is -2.22. The lowest BCUT2D eigenvalue weighted by Gasteiger charge is -2.01. The van der Waals surface area contributed by atoms with Crippen LogP contribution in [-0.2, 0) is 6.54 Å². The highest BCUT2D eigenvalue weighted by Gasteiger charge is 2.12. The average molecular weight is 221 g/mol. The number of carbonyl (C=O) groups excluding carboxylic acids is 1. The van der Waals surface area contributed by atoms with Crippen molar-refractivity contribution in [1.29, 1.82) is 0 Å². The summed E-state index contributed by atoms with van der Waals surface area (Å²) in [4.78, 5) is 12.9. The molecule has 84 valence electrons. The number of hydrogen-bond donors (Lipinski definition) is 2. The van der Waals surface area contributed by atoms with Crippen LogP contribution in [0.4, 0.5) is 11.6 Å². The van der Waals surface area contributed by atoms with Crippen LogP contribution in [0.2, 0.25) is 0 Å². The molecule has 0 saturated heterocycles. The molecule has 0 aromatic carbocycles. The van der Waals surface area contributed by atoms with Gasteiger partial charge in [0.25, 0.3) is 5.91 Å². The Balaban J connectivity index is 2.17. The molecule has 0 saturated carbocycles. The first kappa shape index (κ1) is 10.1. The van der Waals surface area contributed by atoms with E-state index in [0.717, 1.165) is 4.68 Å². The van der Waals surface area contributed by atoms with E-state index >= 15 is 0 Å². The zero-order valence-electron chi connectivity index (χ0n) is 8.66. The number of nitrogens with two attached hydrogens (primary N) is 2. The smallest absolute Gasteiger partial charge is 0.272 e. The summed E-state index contributed by atoms with van der Waals surface area (Å²) in [6.45, 7) is 1.70. The molecular formula is C8H11N7O. The Morgan fingerprint density at radius 1 is 1.44 bits per heavy atom. The maximum Gasteiger partial charge on any atom is 0.272 e.